The van der Waals surface area contributed by atoms with Gasteiger partial charge in [0.25, 0.3) is 0 Å². The van der Waals surface area contributed by atoms with Gasteiger partial charge in [0.05, 0.1) is 6.21 Å². The van der Waals surface area contributed by atoms with E-state index in [4.69, 9.17) is 4.84 Å². The third kappa shape index (κ3) is 4.08. The second-order valence-corrected chi connectivity index (χ2v) is 5.60. The minimum atomic E-state index is 0.504. The molecule has 0 amide bonds. The molecule has 0 N–H and O–H groups in total. The Morgan fingerprint density at radius 2 is 1.82 bits per heavy atom. The van der Waals surface area contributed by atoms with E-state index in [9.17, 15) is 0 Å². The fourth-order valence-electron chi connectivity index (χ4n) is 2.67. The molecular weight excluding hydrogens is 270 g/mol. The van der Waals surface area contributed by atoms with Gasteiger partial charge in [0.1, 0.15) is 6.61 Å². The highest BCUT2D eigenvalue weighted by atomic mass is 16.6. The molecule has 22 heavy (non-hydrogen) atoms. The van der Waals surface area contributed by atoms with Crippen LogP contribution in [0.15, 0.2) is 71.4 Å². The van der Waals surface area contributed by atoms with E-state index >= 15 is 0 Å². The third-order valence-corrected chi connectivity index (χ3v) is 3.88. The number of oxime groups is 1. The Hall–Kier alpha value is -2.35. The van der Waals surface area contributed by atoms with Crippen molar-refractivity contribution < 1.29 is 4.84 Å². The Labute approximate surface area is 132 Å². The summed E-state index contributed by atoms with van der Waals surface area (Å²) in [6, 6.07) is 18.8. The number of allylic oxidation sites excluding steroid dienone is 2. The van der Waals surface area contributed by atoms with E-state index in [2.05, 4.69) is 59.8 Å². The molecule has 0 atom stereocenters. The topological polar surface area (TPSA) is 21.6 Å². The molecule has 3 rings (SSSR count). The third-order valence-electron chi connectivity index (χ3n) is 3.88. The zero-order valence-electron chi connectivity index (χ0n) is 12.7. The number of benzene rings is 2. The molecule has 0 bridgehead atoms. The highest BCUT2D eigenvalue weighted by Gasteiger charge is 2.01. The van der Waals surface area contributed by atoms with Crippen LogP contribution >= 0.6 is 0 Å². The van der Waals surface area contributed by atoms with Crippen molar-refractivity contribution in [2.45, 2.75) is 32.3 Å². The molecule has 0 radical (unpaired) electrons. The van der Waals surface area contributed by atoms with Crippen molar-refractivity contribution in [2.75, 3.05) is 0 Å². The van der Waals surface area contributed by atoms with E-state index in [-0.39, 0.29) is 0 Å². The van der Waals surface area contributed by atoms with Crippen LogP contribution in [-0.4, -0.2) is 6.21 Å². The van der Waals surface area contributed by atoms with E-state index in [1.807, 2.05) is 12.3 Å². The quantitative estimate of drug-likeness (QED) is 0.537. The van der Waals surface area contributed by atoms with E-state index in [1.165, 1.54) is 36.0 Å². The normalized spacial score (nSPS) is 14.8. The molecule has 2 nitrogen and oxygen atoms in total. The summed E-state index contributed by atoms with van der Waals surface area (Å²) in [5.41, 5.74) is 4.86. The van der Waals surface area contributed by atoms with Gasteiger partial charge in [-0.05, 0) is 54.0 Å². The van der Waals surface area contributed by atoms with Gasteiger partial charge in [0.15, 0.2) is 0 Å². The van der Waals surface area contributed by atoms with Crippen LogP contribution in [0.25, 0.3) is 11.1 Å². The molecule has 0 unspecified atom stereocenters. The van der Waals surface area contributed by atoms with Crippen molar-refractivity contribution in [2.24, 2.45) is 5.16 Å². The predicted molar refractivity (Wildman–Crippen MR) is 91.7 cm³/mol. The van der Waals surface area contributed by atoms with Crippen molar-refractivity contribution in [1.82, 2.24) is 0 Å². The van der Waals surface area contributed by atoms with Gasteiger partial charge in [-0.15, -0.1) is 0 Å². The maximum absolute atomic E-state index is 5.44. The largest absolute Gasteiger partial charge is 0.391 e. The van der Waals surface area contributed by atoms with Gasteiger partial charge in [-0.25, -0.2) is 0 Å². The lowest BCUT2D eigenvalue weighted by Gasteiger charge is -2.07. The highest BCUT2D eigenvalue weighted by molar-refractivity contribution is 5.78. The van der Waals surface area contributed by atoms with E-state index in [0.717, 1.165) is 12.0 Å². The summed E-state index contributed by atoms with van der Waals surface area (Å²) in [5, 5.41) is 4.10. The first kappa shape index (κ1) is 14.6. The molecule has 2 aromatic carbocycles. The van der Waals surface area contributed by atoms with Crippen LogP contribution in [0, 0.1) is 0 Å². The molecule has 0 saturated carbocycles. The average molecular weight is 291 g/mol. The Bertz CT molecular complexity index is 658. The van der Waals surface area contributed by atoms with E-state index < -0.39 is 0 Å². The van der Waals surface area contributed by atoms with Gasteiger partial charge < -0.3 is 4.84 Å². The summed E-state index contributed by atoms with van der Waals surface area (Å²) in [5.74, 6) is 0. The molecule has 2 heteroatoms. The lowest BCUT2D eigenvalue weighted by atomic mass is 10.0. The zero-order valence-corrected chi connectivity index (χ0v) is 12.7. The maximum Gasteiger partial charge on any atom is 0.142 e. The van der Waals surface area contributed by atoms with Crippen LogP contribution in [0.1, 0.15) is 31.2 Å². The number of hydrogen-bond donors (Lipinski definition) is 0. The summed E-state index contributed by atoms with van der Waals surface area (Å²) in [4.78, 5) is 5.44. The van der Waals surface area contributed by atoms with Gasteiger partial charge in [0, 0.05) is 0 Å². The first-order valence-corrected chi connectivity index (χ1v) is 7.90. The Morgan fingerprint density at radius 1 is 0.955 bits per heavy atom. The molecule has 0 spiro atoms. The number of nitrogens with zero attached hydrogens (tertiary/aromatic N) is 1. The molecule has 1 aliphatic rings. The summed E-state index contributed by atoms with van der Waals surface area (Å²) in [6.45, 7) is 0.504. The van der Waals surface area contributed by atoms with Crippen LogP contribution < -0.4 is 0 Å². The van der Waals surface area contributed by atoms with Crippen LogP contribution in [0.2, 0.25) is 0 Å². The minimum Gasteiger partial charge on any atom is -0.391 e. The molecule has 0 aliphatic heterocycles. The first-order valence-electron chi connectivity index (χ1n) is 7.90. The van der Waals surface area contributed by atoms with Crippen LogP contribution in [0.3, 0.4) is 0 Å². The molecular formula is C20H21NO. The summed E-state index contributed by atoms with van der Waals surface area (Å²) < 4.78 is 0. The monoisotopic (exact) mass is 291 g/mol. The van der Waals surface area contributed by atoms with Crippen molar-refractivity contribution in [3.63, 3.8) is 0 Å². The van der Waals surface area contributed by atoms with E-state index in [1.54, 1.807) is 0 Å². The predicted octanol–water partition coefficient (Wildman–Crippen LogP) is 5.36. The Morgan fingerprint density at radius 3 is 2.64 bits per heavy atom. The number of rotatable bonds is 5. The lowest BCUT2D eigenvalue weighted by molar-refractivity contribution is 0.132. The summed E-state index contributed by atoms with van der Waals surface area (Å²) in [7, 11) is 0. The molecule has 0 aromatic heterocycles. The lowest BCUT2D eigenvalue weighted by Crippen LogP contribution is -1.94. The second-order valence-electron chi connectivity index (χ2n) is 5.60. The Balaban J connectivity index is 1.59. The van der Waals surface area contributed by atoms with Gasteiger partial charge in [-0.1, -0.05) is 59.8 Å². The molecule has 2 aromatic rings. The van der Waals surface area contributed by atoms with Crippen molar-refractivity contribution in [1.29, 1.82) is 0 Å². The fourth-order valence-corrected chi connectivity index (χ4v) is 2.67. The highest BCUT2D eigenvalue weighted by Crippen LogP contribution is 2.20. The van der Waals surface area contributed by atoms with Gasteiger partial charge in [-0.3, -0.25) is 0 Å². The van der Waals surface area contributed by atoms with Crippen molar-refractivity contribution >= 4 is 6.21 Å². The summed E-state index contributed by atoms with van der Waals surface area (Å²) >= 11 is 0. The van der Waals surface area contributed by atoms with Gasteiger partial charge in [0.2, 0.25) is 0 Å². The van der Waals surface area contributed by atoms with E-state index in [0.29, 0.717) is 6.61 Å². The minimum absolute atomic E-state index is 0.504. The molecule has 112 valence electrons. The second kappa shape index (κ2) is 7.60. The molecule has 0 saturated heterocycles. The molecule has 1 aliphatic carbocycles. The Kier molecular flexibility index (Phi) is 5.04. The maximum atomic E-state index is 5.44. The smallest absolute Gasteiger partial charge is 0.142 e. The standard InChI is InChI=1S/C20H21NO/c1-3-8-17(9-4-1)15-21-22-16-18-10-7-13-20(14-18)19-11-5-2-6-12-19/h2,5-8,10-15H,1,3-4,9,16H2. The summed E-state index contributed by atoms with van der Waals surface area (Å²) in [6.07, 6.45) is 8.96. The average Bonchev–Trinajstić information content (AvgIpc) is 2.61. The first-order chi connectivity index (χ1) is 10.9. The zero-order chi connectivity index (χ0) is 15.0. The van der Waals surface area contributed by atoms with Crippen LogP contribution in [0.5, 0.6) is 0 Å². The molecule has 0 heterocycles. The van der Waals surface area contributed by atoms with Crippen molar-refractivity contribution in [3.8, 4) is 11.1 Å². The van der Waals surface area contributed by atoms with Gasteiger partial charge >= 0.3 is 0 Å². The SMILES string of the molecule is C(=NOCc1cccc(-c2ccccc2)c1)C1=CCCCC1. The fraction of sp³-hybridized carbons (Fsp3) is 0.250. The van der Waals surface area contributed by atoms with Crippen LogP contribution in [-0.2, 0) is 11.4 Å². The van der Waals surface area contributed by atoms with Crippen molar-refractivity contribution in [3.05, 3.63) is 71.8 Å². The van der Waals surface area contributed by atoms with Gasteiger partial charge in [-0.2, -0.15) is 0 Å². The number of hydrogen-bond acceptors (Lipinski definition) is 2. The van der Waals surface area contributed by atoms with Crippen LogP contribution in [0.4, 0.5) is 0 Å². The molecule has 0 fully saturated rings.